The fraction of sp³-hybridized carbons (Fsp3) is 0.393. The summed E-state index contributed by atoms with van der Waals surface area (Å²) in [5.41, 5.74) is 0.349. The summed E-state index contributed by atoms with van der Waals surface area (Å²) in [6.45, 7) is 3.42. The molecule has 218 valence electrons. The Hall–Kier alpha value is -4.65. The van der Waals surface area contributed by atoms with Crippen molar-refractivity contribution in [2.45, 2.75) is 51.2 Å². The Morgan fingerprint density at radius 2 is 1.61 bits per heavy atom. The van der Waals surface area contributed by atoms with Crippen molar-refractivity contribution < 1.29 is 34.0 Å². The number of aliphatic carboxylic acids is 1. The average Bonchev–Trinajstić information content (AvgIpc) is 3.17. The van der Waals surface area contributed by atoms with Crippen molar-refractivity contribution in [2.75, 3.05) is 13.6 Å². The minimum absolute atomic E-state index is 0.00356. The second kappa shape index (κ2) is 13.6. The molecule has 4 amide bonds. The molecule has 0 radical (unpaired) electrons. The maximum atomic E-state index is 13.3. The predicted molar refractivity (Wildman–Crippen MR) is 147 cm³/mol. The van der Waals surface area contributed by atoms with Crippen molar-refractivity contribution in [1.29, 1.82) is 0 Å². The van der Waals surface area contributed by atoms with Gasteiger partial charge in [0.15, 0.2) is 0 Å². The molecule has 1 aliphatic heterocycles. The maximum Gasteiger partial charge on any atom is 0.320 e. The van der Waals surface area contributed by atoms with Gasteiger partial charge in [0.2, 0.25) is 11.8 Å². The number of rotatable bonds is 14. The van der Waals surface area contributed by atoms with Crippen LogP contribution in [0.3, 0.4) is 0 Å². The number of carboxylic acids is 1. The van der Waals surface area contributed by atoms with Crippen LogP contribution in [0.2, 0.25) is 0 Å². The monoisotopic (exact) mass is 567 g/mol. The van der Waals surface area contributed by atoms with E-state index in [2.05, 4.69) is 16.0 Å². The van der Waals surface area contributed by atoms with Crippen molar-refractivity contribution in [3.8, 4) is 0 Å². The highest BCUT2D eigenvalue weighted by atomic mass is 16.6. The first kappa shape index (κ1) is 30.9. The normalized spacial score (nSPS) is 14.8. The van der Waals surface area contributed by atoms with Gasteiger partial charge >= 0.3 is 5.97 Å². The number of nitro groups is 1. The molecule has 0 fully saturated rings. The van der Waals surface area contributed by atoms with Crippen LogP contribution in [0.4, 0.5) is 5.69 Å². The van der Waals surface area contributed by atoms with Gasteiger partial charge in [-0.3, -0.25) is 44.3 Å². The first-order valence-electron chi connectivity index (χ1n) is 13.1. The highest BCUT2D eigenvalue weighted by Crippen LogP contribution is 2.27. The number of carbonyl (C=O) groups is 5. The number of hydrogen-bond acceptors (Lipinski definition) is 8. The first-order valence-corrected chi connectivity index (χ1v) is 13.1. The molecule has 41 heavy (non-hydrogen) atoms. The molecule has 13 nitrogen and oxygen atoms in total. The van der Waals surface area contributed by atoms with Gasteiger partial charge < -0.3 is 15.7 Å². The summed E-state index contributed by atoms with van der Waals surface area (Å²) in [6, 6.07) is 9.21. The number of likely N-dealkylation sites (N-methyl/N-ethyl adjacent to an activating group) is 1. The Morgan fingerprint density at radius 3 is 2.20 bits per heavy atom. The van der Waals surface area contributed by atoms with Crippen LogP contribution in [-0.2, 0) is 20.8 Å². The van der Waals surface area contributed by atoms with E-state index in [0.717, 1.165) is 22.6 Å². The zero-order chi connectivity index (χ0) is 30.3. The fourth-order valence-corrected chi connectivity index (χ4v) is 4.60. The molecular formula is C28H33N5O8. The lowest BCUT2D eigenvalue weighted by atomic mass is 10.00. The van der Waals surface area contributed by atoms with Gasteiger partial charge in [0.1, 0.15) is 12.1 Å². The molecule has 0 saturated carbocycles. The van der Waals surface area contributed by atoms with Crippen LogP contribution in [-0.4, -0.2) is 76.2 Å². The summed E-state index contributed by atoms with van der Waals surface area (Å²) in [6.07, 6.45) is 0.243. The van der Waals surface area contributed by atoms with Gasteiger partial charge in [0, 0.05) is 32.1 Å². The van der Waals surface area contributed by atoms with E-state index in [1.54, 1.807) is 0 Å². The van der Waals surface area contributed by atoms with Gasteiger partial charge in [-0.05, 0) is 30.4 Å². The summed E-state index contributed by atoms with van der Waals surface area (Å²) in [5.74, 6) is -3.75. The molecule has 0 aromatic heterocycles. The van der Waals surface area contributed by atoms with E-state index in [0.29, 0.717) is 0 Å². The lowest BCUT2D eigenvalue weighted by molar-refractivity contribution is -0.384. The Kier molecular flexibility index (Phi) is 10.3. The SMILES string of the molecule is CNC(=O)[C@H](Cc1ccccc1)NC(=O)[C@H](CC(C)C)N[C@H](CCN1C(=O)c2ccc([N+](=O)[O-])cc2C1=O)C(=O)O. The molecular weight excluding hydrogens is 534 g/mol. The summed E-state index contributed by atoms with van der Waals surface area (Å²) in [7, 11) is 1.45. The van der Waals surface area contributed by atoms with Crippen molar-refractivity contribution in [2.24, 2.45) is 5.92 Å². The fourth-order valence-electron chi connectivity index (χ4n) is 4.60. The standard InChI is InChI=1S/C28H33N5O8/c1-16(2)13-22(25(35)31-23(24(34)29-3)14-17-7-5-4-6-8-17)30-21(28(38)39)11-12-32-26(36)19-10-9-18(33(40)41)15-20(19)27(32)37/h4-10,15-16,21-23,30H,11-14H2,1-3H3,(H,29,34)(H,31,35)(H,38,39)/t21-,22+,23+/m1/s1. The highest BCUT2D eigenvalue weighted by molar-refractivity contribution is 6.21. The summed E-state index contributed by atoms with van der Waals surface area (Å²) in [5, 5.41) is 29.1. The van der Waals surface area contributed by atoms with E-state index in [-0.39, 0.29) is 48.5 Å². The maximum absolute atomic E-state index is 13.3. The lowest BCUT2D eigenvalue weighted by Gasteiger charge is -2.27. The molecule has 13 heteroatoms. The molecule has 3 rings (SSSR count). The lowest BCUT2D eigenvalue weighted by Crippen LogP contribution is -2.56. The molecule has 2 aromatic carbocycles. The van der Waals surface area contributed by atoms with E-state index in [9.17, 15) is 39.2 Å². The van der Waals surface area contributed by atoms with Crippen LogP contribution in [0.15, 0.2) is 48.5 Å². The number of nitrogens with zero attached hydrogens (tertiary/aromatic N) is 2. The van der Waals surface area contributed by atoms with Crippen LogP contribution >= 0.6 is 0 Å². The Bertz CT molecular complexity index is 1330. The Labute approximate surface area is 236 Å². The van der Waals surface area contributed by atoms with E-state index in [4.69, 9.17) is 0 Å². The van der Waals surface area contributed by atoms with Gasteiger partial charge in [-0.15, -0.1) is 0 Å². The van der Waals surface area contributed by atoms with Gasteiger partial charge in [0.05, 0.1) is 22.1 Å². The van der Waals surface area contributed by atoms with Gasteiger partial charge in [-0.2, -0.15) is 0 Å². The summed E-state index contributed by atoms with van der Waals surface area (Å²) in [4.78, 5) is 74.9. The predicted octanol–water partition coefficient (Wildman–Crippen LogP) is 1.51. The van der Waals surface area contributed by atoms with Crippen LogP contribution in [0.1, 0.15) is 53.0 Å². The van der Waals surface area contributed by atoms with Crippen LogP contribution in [0.25, 0.3) is 0 Å². The minimum atomic E-state index is -1.32. The zero-order valence-electron chi connectivity index (χ0n) is 23.0. The van der Waals surface area contributed by atoms with Crippen molar-refractivity contribution in [3.05, 3.63) is 75.3 Å². The molecule has 0 saturated heterocycles. The number of nitrogens with one attached hydrogen (secondary N) is 3. The largest absolute Gasteiger partial charge is 0.480 e. The smallest absolute Gasteiger partial charge is 0.320 e. The average molecular weight is 568 g/mol. The highest BCUT2D eigenvalue weighted by Gasteiger charge is 2.38. The third-order valence-corrected chi connectivity index (χ3v) is 6.69. The minimum Gasteiger partial charge on any atom is -0.480 e. The van der Waals surface area contributed by atoms with Crippen molar-refractivity contribution in [3.63, 3.8) is 0 Å². The molecule has 4 N–H and O–H groups in total. The zero-order valence-corrected chi connectivity index (χ0v) is 23.0. The second-order valence-electron chi connectivity index (χ2n) is 10.1. The quantitative estimate of drug-likeness (QED) is 0.149. The molecule has 2 aromatic rings. The third-order valence-electron chi connectivity index (χ3n) is 6.69. The number of carbonyl (C=O) groups excluding carboxylic acids is 4. The van der Waals surface area contributed by atoms with E-state index in [1.807, 2.05) is 44.2 Å². The van der Waals surface area contributed by atoms with E-state index < -0.39 is 52.6 Å². The number of benzene rings is 2. The summed E-state index contributed by atoms with van der Waals surface area (Å²) >= 11 is 0. The molecule has 0 bridgehead atoms. The van der Waals surface area contributed by atoms with Gasteiger partial charge in [-0.1, -0.05) is 44.2 Å². The van der Waals surface area contributed by atoms with Crippen LogP contribution in [0.5, 0.6) is 0 Å². The van der Waals surface area contributed by atoms with Crippen molar-refractivity contribution >= 4 is 35.3 Å². The molecule has 3 atom stereocenters. The van der Waals surface area contributed by atoms with Gasteiger partial charge in [-0.25, -0.2) is 0 Å². The van der Waals surface area contributed by atoms with Crippen LogP contribution < -0.4 is 16.0 Å². The molecule has 1 heterocycles. The van der Waals surface area contributed by atoms with Crippen molar-refractivity contribution in [1.82, 2.24) is 20.9 Å². The molecule has 0 aliphatic carbocycles. The van der Waals surface area contributed by atoms with E-state index in [1.165, 1.54) is 13.1 Å². The number of imide groups is 1. The number of nitro benzene ring substituents is 1. The Balaban J connectivity index is 1.73. The number of fused-ring (bicyclic) bond motifs is 1. The number of non-ortho nitro benzene ring substituents is 1. The van der Waals surface area contributed by atoms with E-state index >= 15 is 0 Å². The first-order chi connectivity index (χ1) is 19.4. The van der Waals surface area contributed by atoms with Crippen LogP contribution in [0, 0.1) is 16.0 Å². The number of carboxylic acid groups (broad SMARTS) is 1. The molecule has 0 unspecified atom stereocenters. The molecule has 0 spiro atoms. The number of amides is 4. The second-order valence-corrected chi connectivity index (χ2v) is 10.1. The Morgan fingerprint density at radius 1 is 0.951 bits per heavy atom. The topological polar surface area (TPSA) is 188 Å². The number of hydrogen-bond donors (Lipinski definition) is 4. The van der Waals surface area contributed by atoms with Gasteiger partial charge in [0.25, 0.3) is 17.5 Å². The molecule has 1 aliphatic rings. The summed E-state index contributed by atoms with van der Waals surface area (Å²) < 4.78 is 0. The third kappa shape index (κ3) is 7.72.